The lowest BCUT2D eigenvalue weighted by molar-refractivity contribution is 1.13. The SMILES string of the molecule is [C-]#[N+]c1cc([N+]#[C-])cc(-c2ccc3c4ccc(-c5cc(C#N)cc(C#N)c5)cc4n(-c4c(-c5cc(-c6ccccc6)nc(-c6ccccc6)n5)cc(C#N)cc4-c4nc(-c5ccccc5)cc(-c5ccccc5)n4)c3c2)c1. The minimum atomic E-state index is 0.331. The van der Waals surface area contributed by atoms with Gasteiger partial charge in [0.05, 0.1) is 87.5 Å². The van der Waals surface area contributed by atoms with Crippen LogP contribution in [0.25, 0.3) is 127 Å². The number of rotatable bonds is 9. The molecule has 12 aromatic rings. The summed E-state index contributed by atoms with van der Waals surface area (Å²) in [5.74, 6) is 0.812. The first-order valence-corrected chi connectivity index (χ1v) is 24.4. The topological polar surface area (TPSA) is 137 Å². The van der Waals surface area contributed by atoms with E-state index in [9.17, 15) is 15.8 Å². The van der Waals surface area contributed by atoms with Crippen LogP contribution in [0.4, 0.5) is 11.4 Å². The molecular weight excluding hydrogens is 945 g/mol. The van der Waals surface area contributed by atoms with Crippen LogP contribution in [0.15, 0.2) is 218 Å². The lowest BCUT2D eigenvalue weighted by Crippen LogP contribution is -2.06. The zero-order chi connectivity index (χ0) is 52.4. The Hall–Kier alpha value is -11.6. The molecule has 10 nitrogen and oxygen atoms in total. The van der Waals surface area contributed by atoms with E-state index in [0.29, 0.717) is 90.4 Å². The second kappa shape index (κ2) is 19.8. The standard InChI is InChI=1S/C67H36N10/c1-71-53-32-52(33-54(36-53)72-2)50-24-26-56-55-25-23-49(51-28-42(39-68)27-43(29-51)40-69)34-63(55)77(64(56)35-50)65-57(62-38-61(47-19-11-5-12-20-47)73-66(76-62)48-21-13-6-14-22-48)30-44(41-70)31-58(65)67-74-59(45-15-7-3-8-16-45)37-60(75-67)46-17-9-4-10-18-46/h3-38H. The number of hydrogen-bond acceptors (Lipinski definition) is 7. The van der Waals surface area contributed by atoms with Gasteiger partial charge in [-0.05, 0) is 76.9 Å². The zero-order valence-corrected chi connectivity index (χ0v) is 40.8. The summed E-state index contributed by atoms with van der Waals surface area (Å²) in [7, 11) is 0. The second-order valence-corrected chi connectivity index (χ2v) is 18.2. The van der Waals surface area contributed by atoms with E-state index in [1.54, 1.807) is 36.4 Å². The maximum absolute atomic E-state index is 11.2. The Morgan fingerprint density at radius 2 is 0.740 bits per heavy atom. The zero-order valence-electron chi connectivity index (χ0n) is 40.8. The average Bonchev–Trinajstić information content (AvgIpc) is 4.07. The van der Waals surface area contributed by atoms with Gasteiger partial charge in [0.1, 0.15) is 0 Å². The quantitative estimate of drug-likeness (QED) is 0.131. The molecule has 0 unspecified atom stereocenters. The Bertz CT molecular complexity index is 4090. The van der Waals surface area contributed by atoms with Crippen molar-refractivity contribution in [1.29, 1.82) is 15.8 Å². The molecule has 0 aliphatic carbocycles. The van der Waals surface area contributed by atoms with Gasteiger partial charge in [0.2, 0.25) is 0 Å². The lowest BCUT2D eigenvalue weighted by Gasteiger charge is -2.20. The maximum Gasteiger partial charge on any atom is 0.177 e. The van der Waals surface area contributed by atoms with Crippen LogP contribution in [0.2, 0.25) is 0 Å². The van der Waals surface area contributed by atoms with Crippen molar-refractivity contribution in [2.45, 2.75) is 0 Å². The molecule has 354 valence electrons. The van der Waals surface area contributed by atoms with Gasteiger partial charge < -0.3 is 4.57 Å². The molecule has 10 heteroatoms. The molecule has 3 heterocycles. The summed E-state index contributed by atoms with van der Waals surface area (Å²) in [5, 5.41) is 33.1. The first-order chi connectivity index (χ1) is 37.9. The van der Waals surface area contributed by atoms with Gasteiger partial charge in [0.25, 0.3) is 0 Å². The van der Waals surface area contributed by atoms with Crippen LogP contribution in [0.1, 0.15) is 16.7 Å². The predicted octanol–water partition coefficient (Wildman–Crippen LogP) is 16.4. The molecule has 12 rings (SSSR count). The van der Waals surface area contributed by atoms with Gasteiger partial charge >= 0.3 is 0 Å². The summed E-state index contributed by atoms with van der Waals surface area (Å²) in [6.07, 6.45) is 0. The molecule has 9 aromatic carbocycles. The monoisotopic (exact) mass is 980 g/mol. The molecule has 3 aromatic heterocycles. The van der Waals surface area contributed by atoms with E-state index in [2.05, 4.69) is 44.6 Å². The highest BCUT2D eigenvalue weighted by molar-refractivity contribution is 6.12. The number of nitriles is 3. The van der Waals surface area contributed by atoms with Crippen molar-refractivity contribution < 1.29 is 0 Å². The molecule has 0 N–H and O–H groups in total. The maximum atomic E-state index is 11.2. The van der Waals surface area contributed by atoms with Crippen LogP contribution in [0.3, 0.4) is 0 Å². The summed E-state index contributed by atoms with van der Waals surface area (Å²) >= 11 is 0. The summed E-state index contributed by atoms with van der Waals surface area (Å²) in [4.78, 5) is 28.8. The number of fused-ring (bicyclic) bond motifs is 3. The minimum absolute atomic E-state index is 0.331. The third-order valence-corrected chi connectivity index (χ3v) is 13.5. The second-order valence-electron chi connectivity index (χ2n) is 18.2. The van der Waals surface area contributed by atoms with Crippen LogP contribution < -0.4 is 0 Å². The van der Waals surface area contributed by atoms with Gasteiger partial charge in [0, 0.05) is 44.2 Å². The Morgan fingerprint density at radius 3 is 1.21 bits per heavy atom. The summed E-state index contributed by atoms with van der Waals surface area (Å²) in [6.45, 7) is 15.9. The van der Waals surface area contributed by atoms with Crippen LogP contribution in [-0.2, 0) is 0 Å². The molecule has 0 fully saturated rings. The number of nitrogens with zero attached hydrogens (tertiary/aromatic N) is 10. The number of benzene rings is 9. The van der Waals surface area contributed by atoms with Crippen molar-refractivity contribution in [2.24, 2.45) is 0 Å². The summed E-state index contributed by atoms with van der Waals surface area (Å²) < 4.78 is 2.16. The fraction of sp³-hybridized carbons (Fsp3) is 0. The average molecular weight is 981 g/mol. The van der Waals surface area contributed by atoms with Crippen molar-refractivity contribution in [3.8, 4) is 114 Å². The molecular formula is C67H36N10. The van der Waals surface area contributed by atoms with E-state index < -0.39 is 0 Å². The molecule has 0 aliphatic rings. The Labute approximate surface area is 443 Å². The fourth-order valence-corrected chi connectivity index (χ4v) is 9.88. The van der Waals surface area contributed by atoms with E-state index in [1.807, 2.05) is 170 Å². The summed E-state index contributed by atoms with van der Waals surface area (Å²) in [6, 6.07) is 76.5. The first kappa shape index (κ1) is 46.5. The third kappa shape index (κ3) is 8.84. The fourth-order valence-electron chi connectivity index (χ4n) is 9.88. The normalized spacial score (nSPS) is 10.8. The van der Waals surface area contributed by atoms with Gasteiger partial charge in [-0.2, -0.15) is 15.8 Å². The van der Waals surface area contributed by atoms with Crippen LogP contribution in [0.5, 0.6) is 0 Å². The van der Waals surface area contributed by atoms with Gasteiger partial charge in [-0.15, -0.1) is 0 Å². The van der Waals surface area contributed by atoms with E-state index in [4.69, 9.17) is 33.1 Å². The first-order valence-electron chi connectivity index (χ1n) is 24.4. The molecule has 0 saturated carbocycles. The highest BCUT2D eigenvalue weighted by atomic mass is 15.0. The van der Waals surface area contributed by atoms with Crippen molar-refractivity contribution in [2.75, 3.05) is 0 Å². The highest BCUT2D eigenvalue weighted by Gasteiger charge is 2.26. The molecule has 0 spiro atoms. The predicted molar refractivity (Wildman–Crippen MR) is 302 cm³/mol. The van der Waals surface area contributed by atoms with Crippen molar-refractivity contribution in [3.05, 3.63) is 258 Å². The molecule has 77 heavy (non-hydrogen) atoms. The van der Waals surface area contributed by atoms with Crippen molar-refractivity contribution >= 4 is 33.2 Å². The Balaban J connectivity index is 1.27. The minimum Gasteiger partial charge on any atom is -0.308 e. The van der Waals surface area contributed by atoms with Gasteiger partial charge in [-0.25, -0.2) is 29.6 Å². The highest BCUT2D eigenvalue weighted by Crippen LogP contribution is 2.45. The van der Waals surface area contributed by atoms with Crippen LogP contribution >= 0.6 is 0 Å². The van der Waals surface area contributed by atoms with E-state index in [0.717, 1.165) is 55.2 Å². The molecule has 0 amide bonds. The lowest BCUT2D eigenvalue weighted by atomic mass is 9.97. The number of aromatic nitrogens is 5. The van der Waals surface area contributed by atoms with Crippen LogP contribution in [0, 0.1) is 47.1 Å². The van der Waals surface area contributed by atoms with Crippen molar-refractivity contribution in [3.63, 3.8) is 0 Å². The number of hydrogen-bond donors (Lipinski definition) is 0. The van der Waals surface area contributed by atoms with E-state index in [-0.39, 0.29) is 0 Å². The molecule has 0 aliphatic heterocycles. The van der Waals surface area contributed by atoms with Crippen molar-refractivity contribution in [1.82, 2.24) is 24.5 Å². The molecule has 0 radical (unpaired) electrons. The molecule has 0 atom stereocenters. The Morgan fingerprint density at radius 1 is 0.338 bits per heavy atom. The van der Waals surface area contributed by atoms with E-state index >= 15 is 0 Å². The van der Waals surface area contributed by atoms with E-state index in [1.165, 1.54) is 0 Å². The molecule has 0 bridgehead atoms. The largest absolute Gasteiger partial charge is 0.308 e. The van der Waals surface area contributed by atoms with Gasteiger partial charge in [-0.1, -0.05) is 164 Å². The van der Waals surface area contributed by atoms with Gasteiger partial charge in [0.15, 0.2) is 23.0 Å². The smallest absolute Gasteiger partial charge is 0.177 e. The summed E-state index contributed by atoms with van der Waals surface area (Å²) in [5.41, 5.74) is 13.6. The van der Waals surface area contributed by atoms with Crippen LogP contribution in [-0.4, -0.2) is 24.5 Å². The third-order valence-electron chi connectivity index (χ3n) is 13.5. The Kier molecular flexibility index (Phi) is 11.9. The molecule has 0 saturated heterocycles. The van der Waals surface area contributed by atoms with Gasteiger partial charge in [-0.3, -0.25) is 0 Å².